The third-order valence-corrected chi connectivity index (χ3v) is 5.10. The Bertz CT molecular complexity index is 1000. The molecule has 0 saturated heterocycles. The van der Waals surface area contributed by atoms with Gasteiger partial charge in [-0.15, -0.1) is 34.2 Å². The van der Waals surface area contributed by atoms with E-state index in [0.717, 1.165) is 28.5 Å². The Morgan fingerprint density at radius 3 is 2.52 bits per heavy atom. The number of nitrogens with zero attached hydrogens (tertiary/aromatic N) is 4. The number of benzene rings is 2. The van der Waals surface area contributed by atoms with Crippen LogP contribution in [0.2, 0.25) is 0 Å². The molecule has 8 heteroatoms. The van der Waals surface area contributed by atoms with Gasteiger partial charge in [-0.3, -0.25) is 0 Å². The van der Waals surface area contributed by atoms with Crippen LogP contribution in [0.1, 0.15) is 41.3 Å². The number of hydrogen-bond donors (Lipinski definition) is 2. The van der Waals surface area contributed by atoms with Gasteiger partial charge in [0.25, 0.3) is 0 Å². The number of aromatic nitrogens is 3. The molecule has 31 heavy (non-hydrogen) atoms. The number of methoxy groups -OCH3 is 1. The first-order valence-corrected chi connectivity index (χ1v) is 10.1. The summed E-state index contributed by atoms with van der Waals surface area (Å²) in [4.78, 5) is 4.81. The predicted octanol–water partition coefficient (Wildman–Crippen LogP) is 4.06. The minimum atomic E-state index is 0. The molecule has 0 fully saturated rings. The van der Waals surface area contributed by atoms with Crippen molar-refractivity contribution in [2.75, 3.05) is 7.11 Å². The molecule has 2 aromatic carbocycles. The fourth-order valence-electron chi connectivity index (χ4n) is 3.10. The second kappa shape index (κ2) is 11.7. The Labute approximate surface area is 201 Å². The molecular weight excluding hydrogens is 503 g/mol. The Hall–Kier alpha value is -2.62. The van der Waals surface area contributed by atoms with Crippen LogP contribution in [0, 0.1) is 13.8 Å². The first kappa shape index (κ1) is 24.6. The van der Waals surface area contributed by atoms with E-state index in [9.17, 15) is 0 Å². The third kappa shape index (κ3) is 6.68. The minimum Gasteiger partial charge on any atom is -0.496 e. The van der Waals surface area contributed by atoms with Crippen LogP contribution in [0.15, 0.2) is 53.5 Å². The van der Waals surface area contributed by atoms with Gasteiger partial charge in [0.1, 0.15) is 11.6 Å². The number of ether oxygens (including phenoxy) is 1. The van der Waals surface area contributed by atoms with Crippen LogP contribution >= 0.6 is 24.0 Å². The summed E-state index contributed by atoms with van der Waals surface area (Å²) in [6, 6.07) is 16.6. The van der Waals surface area contributed by atoms with Crippen molar-refractivity contribution in [2.45, 2.75) is 39.9 Å². The second-order valence-electron chi connectivity index (χ2n) is 7.33. The molecule has 166 valence electrons. The number of guanidine groups is 1. The SMILES string of the molecule is COc1cc(C)ccc1CN=C(NCc1nnc(C)n1C)NC(C)c1ccccc1.I. The van der Waals surface area contributed by atoms with Gasteiger partial charge in [0.05, 0.1) is 26.2 Å². The minimum absolute atomic E-state index is 0. The van der Waals surface area contributed by atoms with Gasteiger partial charge in [-0.1, -0.05) is 42.5 Å². The van der Waals surface area contributed by atoms with Crippen LogP contribution in [0.3, 0.4) is 0 Å². The normalized spacial score (nSPS) is 12.1. The lowest BCUT2D eigenvalue weighted by atomic mass is 10.1. The van der Waals surface area contributed by atoms with Crippen LogP contribution in [0.4, 0.5) is 0 Å². The zero-order valence-electron chi connectivity index (χ0n) is 18.7. The molecule has 0 aliphatic rings. The quantitative estimate of drug-likeness (QED) is 0.272. The number of hydrogen-bond acceptors (Lipinski definition) is 4. The van der Waals surface area contributed by atoms with E-state index in [1.165, 1.54) is 5.56 Å². The number of aliphatic imine (C=N–C) groups is 1. The maximum Gasteiger partial charge on any atom is 0.192 e. The zero-order valence-corrected chi connectivity index (χ0v) is 21.0. The van der Waals surface area contributed by atoms with E-state index in [2.05, 4.69) is 58.9 Å². The van der Waals surface area contributed by atoms with E-state index in [1.54, 1.807) is 7.11 Å². The Kier molecular flexibility index (Phi) is 9.29. The van der Waals surface area contributed by atoms with E-state index in [0.29, 0.717) is 19.0 Å². The first-order valence-electron chi connectivity index (χ1n) is 10.1. The molecule has 0 radical (unpaired) electrons. The predicted molar refractivity (Wildman–Crippen MR) is 135 cm³/mol. The maximum atomic E-state index is 5.52. The van der Waals surface area contributed by atoms with Crippen molar-refractivity contribution < 1.29 is 4.74 Å². The molecule has 1 heterocycles. The van der Waals surface area contributed by atoms with Crippen molar-refractivity contribution >= 4 is 29.9 Å². The highest BCUT2D eigenvalue weighted by molar-refractivity contribution is 14.0. The smallest absolute Gasteiger partial charge is 0.192 e. The van der Waals surface area contributed by atoms with Crippen molar-refractivity contribution in [3.8, 4) is 5.75 Å². The lowest BCUT2D eigenvalue weighted by Crippen LogP contribution is -2.39. The van der Waals surface area contributed by atoms with Crippen molar-refractivity contribution in [3.63, 3.8) is 0 Å². The highest BCUT2D eigenvalue weighted by Crippen LogP contribution is 2.20. The van der Waals surface area contributed by atoms with Crippen molar-refractivity contribution in [2.24, 2.45) is 12.0 Å². The monoisotopic (exact) mass is 534 g/mol. The van der Waals surface area contributed by atoms with Gasteiger partial charge in [-0.25, -0.2) is 4.99 Å². The summed E-state index contributed by atoms with van der Waals surface area (Å²) in [6.45, 7) is 7.12. The lowest BCUT2D eigenvalue weighted by molar-refractivity contribution is 0.409. The van der Waals surface area contributed by atoms with E-state index in [-0.39, 0.29) is 30.0 Å². The molecule has 0 aliphatic carbocycles. The van der Waals surface area contributed by atoms with Crippen LogP contribution in [0.5, 0.6) is 5.75 Å². The van der Waals surface area contributed by atoms with Crippen LogP contribution in [-0.4, -0.2) is 27.8 Å². The van der Waals surface area contributed by atoms with E-state index in [4.69, 9.17) is 9.73 Å². The van der Waals surface area contributed by atoms with E-state index >= 15 is 0 Å². The van der Waals surface area contributed by atoms with E-state index in [1.807, 2.05) is 42.8 Å². The van der Waals surface area contributed by atoms with Crippen LogP contribution in [-0.2, 0) is 20.1 Å². The molecule has 0 amide bonds. The highest BCUT2D eigenvalue weighted by Gasteiger charge is 2.11. The first-order chi connectivity index (χ1) is 14.5. The molecule has 7 nitrogen and oxygen atoms in total. The van der Waals surface area contributed by atoms with Gasteiger partial charge in [0.15, 0.2) is 11.8 Å². The third-order valence-electron chi connectivity index (χ3n) is 5.10. The molecule has 2 N–H and O–H groups in total. The summed E-state index contributed by atoms with van der Waals surface area (Å²) in [7, 11) is 3.65. The molecule has 1 atom stereocenters. The average Bonchev–Trinajstić information content (AvgIpc) is 3.08. The molecule has 1 unspecified atom stereocenters. The summed E-state index contributed by atoms with van der Waals surface area (Å²) < 4.78 is 7.49. The second-order valence-corrected chi connectivity index (χ2v) is 7.33. The van der Waals surface area contributed by atoms with Gasteiger partial charge >= 0.3 is 0 Å². The summed E-state index contributed by atoms with van der Waals surface area (Å²) in [6.07, 6.45) is 0. The van der Waals surface area contributed by atoms with Gasteiger partial charge in [0, 0.05) is 12.6 Å². The molecule has 3 aromatic rings. The van der Waals surface area contributed by atoms with Crippen LogP contribution in [0.25, 0.3) is 0 Å². The Morgan fingerprint density at radius 1 is 1.13 bits per heavy atom. The lowest BCUT2D eigenvalue weighted by Gasteiger charge is -2.19. The molecule has 0 spiro atoms. The summed E-state index contributed by atoms with van der Waals surface area (Å²) in [5.41, 5.74) is 3.38. The van der Waals surface area contributed by atoms with Gasteiger partial charge in [-0.2, -0.15) is 0 Å². The fourth-order valence-corrected chi connectivity index (χ4v) is 3.10. The van der Waals surface area contributed by atoms with Gasteiger partial charge in [-0.05, 0) is 38.0 Å². The van der Waals surface area contributed by atoms with Gasteiger partial charge in [0.2, 0.25) is 0 Å². The largest absolute Gasteiger partial charge is 0.496 e. The van der Waals surface area contributed by atoms with Crippen molar-refractivity contribution in [3.05, 3.63) is 76.9 Å². The standard InChI is InChI=1S/C23H30N6O.HI/c1-16-11-12-20(21(13-16)30-5)14-24-23(25-15-22-28-27-18(3)29(22)4)26-17(2)19-9-7-6-8-10-19;/h6-13,17H,14-15H2,1-5H3,(H2,24,25,26);1H. The molecule has 3 rings (SSSR count). The number of halogens is 1. The van der Waals surface area contributed by atoms with Gasteiger partial charge < -0.3 is 19.9 Å². The Balaban J connectivity index is 0.00000341. The maximum absolute atomic E-state index is 5.52. The van der Waals surface area contributed by atoms with Crippen molar-refractivity contribution in [1.29, 1.82) is 0 Å². The zero-order chi connectivity index (χ0) is 21.5. The number of aryl methyl sites for hydroxylation is 2. The highest BCUT2D eigenvalue weighted by atomic mass is 127. The summed E-state index contributed by atoms with van der Waals surface area (Å²) in [5, 5.41) is 15.2. The van der Waals surface area contributed by atoms with Crippen LogP contribution < -0.4 is 15.4 Å². The van der Waals surface area contributed by atoms with E-state index < -0.39 is 0 Å². The molecular formula is C23H31IN6O. The fraction of sp³-hybridized carbons (Fsp3) is 0.348. The summed E-state index contributed by atoms with van der Waals surface area (Å²) >= 11 is 0. The molecule has 0 saturated carbocycles. The van der Waals surface area contributed by atoms with Crippen molar-refractivity contribution in [1.82, 2.24) is 25.4 Å². The molecule has 0 aliphatic heterocycles. The topological polar surface area (TPSA) is 76.4 Å². The Morgan fingerprint density at radius 2 is 1.87 bits per heavy atom. The molecule has 1 aromatic heterocycles. The number of nitrogens with one attached hydrogen (secondary N) is 2. The summed E-state index contributed by atoms with van der Waals surface area (Å²) in [5.74, 6) is 3.27. The average molecular weight is 534 g/mol. The molecule has 0 bridgehead atoms. The number of rotatable bonds is 7.